The molecule has 5 nitrogen and oxygen atoms in total. The Morgan fingerprint density at radius 1 is 1.35 bits per heavy atom. The predicted molar refractivity (Wildman–Crippen MR) is 77.6 cm³/mol. The minimum atomic E-state index is -3.09. The molecule has 0 unspecified atom stereocenters. The molecular formula is C14H21NO4S. The highest BCUT2D eigenvalue weighted by Gasteiger charge is 2.26. The van der Waals surface area contributed by atoms with Gasteiger partial charge in [0.25, 0.3) is 0 Å². The molecule has 1 aromatic carbocycles. The molecule has 0 saturated carbocycles. The highest BCUT2D eigenvalue weighted by atomic mass is 32.2. The van der Waals surface area contributed by atoms with Gasteiger partial charge >= 0.3 is 0 Å². The molecule has 0 amide bonds. The Kier molecular flexibility index (Phi) is 4.88. The van der Waals surface area contributed by atoms with Gasteiger partial charge in [-0.25, -0.2) is 12.7 Å². The fourth-order valence-corrected chi connectivity index (χ4v) is 3.31. The first kappa shape index (κ1) is 15.1. The fraction of sp³-hybridized carbons (Fsp3) is 0.571. The molecule has 6 heteroatoms. The number of methoxy groups -OCH3 is 1. The van der Waals surface area contributed by atoms with Gasteiger partial charge in [0, 0.05) is 25.1 Å². The van der Waals surface area contributed by atoms with Crippen LogP contribution in [0.25, 0.3) is 0 Å². The van der Waals surface area contributed by atoms with E-state index in [0.717, 1.165) is 24.3 Å². The Bertz CT molecular complexity index is 544. The Morgan fingerprint density at radius 3 is 2.80 bits per heavy atom. The highest BCUT2D eigenvalue weighted by molar-refractivity contribution is 7.88. The zero-order chi connectivity index (χ0) is 14.6. The van der Waals surface area contributed by atoms with Crippen LogP contribution >= 0.6 is 0 Å². The molecule has 112 valence electrons. The van der Waals surface area contributed by atoms with E-state index in [2.05, 4.69) is 0 Å². The van der Waals surface area contributed by atoms with Crippen LogP contribution in [0.1, 0.15) is 12.8 Å². The summed E-state index contributed by atoms with van der Waals surface area (Å²) in [5, 5.41) is 0. The number of piperidine rings is 1. The first-order valence-electron chi connectivity index (χ1n) is 6.71. The van der Waals surface area contributed by atoms with Gasteiger partial charge in [-0.2, -0.15) is 0 Å². The van der Waals surface area contributed by atoms with E-state index in [1.54, 1.807) is 7.11 Å². The average Bonchev–Trinajstić information content (AvgIpc) is 2.45. The van der Waals surface area contributed by atoms with Gasteiger partial charge in [-0.1, -0.05) is 6.07 Å². The fourth-order valence-electron chi connectivity index (χ4n) is 2.37. The molecule has 1 aliphatic heterocycles. The second kappa shape index (κ2) is 6.45. The molecule has 1 aromatic rings. The van der Waals surface area contributed by atoms with E-state index in [4.69, 9.17) is 9.47 Å². The summed E-state index contributed by atoms with van der Waals surface area (Å²) in [5.74, 6) is 1.74. The molecule has 0 aromatic heterocycles. The van der Waals surface area contributed by atoms with Crippen molar-refractivity contribution in [3.63, 3.8) is 0 Å². The van der Waals surface area contributed by atoms with E-state index in [9.17, 15) is 8.42 Å². The van der Waals surface area contributed by atoms with Gasteiger partial charge in [0.05, 0.1) is 20.0 Å². The molecule has 1 fully saturated rings. The Labute approximate surface area is 120 Å². The van der Waals surface area contributed by atoms with E-state index in [-0.39, 0.29) is 5.92 Å². The van der Waals surface area contributed by atoms with Crippen molar-refractivity contribution in [3.8, 4) is 11.5 Å². The molecule has 1 aliphatic rings. The summed E-state index contributed by atoms with van der Waals surface area (Å²) >= 11 is 0. The third-order valence-electron chi connectivity index (χ3n) is 3.48. The van der Waals surface area contributed by atoms with Crippen molar-refractivity contribution in [2.24, 2.45) is 5.92 Å². The Balaban J connectivity index is 1.90. The molecule has 0 aliphatic carbocycles. The second-order valence-electron chi connectivity index (χ2n) is 5.12. The molecule has 20 heavy (non-hydrogen) atoms. The van der Waals surface area contributed by atoms with Gasteiger partial charge in [0.1, 0.15) is 11.5 Å². The topological polar surface area (TPSA) is 55.8 Å². The van der Waals surface area contributed by atoms with Crippen LogP contribution in [0.2, 0.25) is 0 Å². The summed E-state index contributed by atoms with van der Waals surface area (Å²) in [6.45, 7) is 1.69. The Hall–Kier alpha value is -1.27. The minimum absolute atomic E-state index is 0.240. The van der Waals surface area contributed by atoms with Crippen LogP contribution in [0.15, 0.2) is 24.3 Å². The Morgan fingerprint density at radius 2 is 2.10 bits per heavy atom. The lowest BCUT2D eigenvalue weighted by Gasteiger charge is -2.30. The van der Waals surface area contributed by atoms with Gasteiger partial charge in [-0.15, -0.1) is 0 Å². The molecular weight excluding hydrogens is 278 g/mol. The molecule has 2 rings (SSSR count). The summed E-state index contributed by atoms with van der Waals surface area (Å²) in [5.41, 5.74) is 0. The molecule has 1 atom stereocenters. The van der Waals surface area contributed by atoms with E-state index < -0.39 is 10.0 Å². The maximum Gasteiger partial charge on any atom is 0.211 e. The monoisotopic (exact) mass is 299 g/mol. The zero-order valence-corrected chi connectivity index (χ0v) is 12.7. The average molecular weight is 299 g/mol. The molecule has 0 spiro atoms. The van der Waals surface area contributed by atoms with Crippen LogP contribution in [0.4, 0.5) is 0 Å². The number of benzene rings is 1. The first-order valence-corrected chi connectivity index (χ1v) is 8.56. The highest BCUT2D eigenvalue weighted by Crippen LogP contribution is 2.22. The quantitative estimate of drug-likeness (QED) is 0.831. The van der Waals surface area contributed by atoms with Crippen molar-refractivity contribution < 1.29 is 17.9 Å². The number of hydrogen-bond donors (Lipinski definition) is 0. The lowest BCUT2D eigenvalue weighted by Crippen LogP contribution is -2.40. The summed E-state index contributed by atoms with van der Waals surface area (Å²) in [6.07, 6.45) is 3.15. The van der Waals surface area contributed by atoms with Crippen molar-refractivity contribution >= 4 is 10.0 Å². The van der Waals surface area contributed by atoms with Crippen LogP contribution in [0, 0.1) is 5.92 Å². The van der Waals surface area contributed by atoms with E-state index in [1.165, 1.54) is 10.6 Å². The summed E-state index contributed by atoms with van der Waals surface area (Å²) in [6, 6.07) is 7.44. The van der Waals surface area contributed by atoms with Crippen molar-refractivity contribution in [2.75, 3.05) is 33.1 Å². The third-order valence-corrected chi connectivity index (χ3v) is 4.75. The van der Waals surface area contributed by atoms with E-state index >= 15 is 0 Å². The second-order valence-corrected chi connectivity index (χ2v) is 7.10. The van der Waals surface area contributed by atoms with Crippen LogP contribution in [0.3, 0.4) is 0 Å². The largest absolute Gasteiger partial charge is 0.497 e. The van der Waals surface area contributed by atoms with Crippen molar-refractivity contribution in [1.82, 2.24) is 4.31 Å². The SMILES string of the molecule is COc1cccc(OC[C@@H]2CCCN(S(C)(=O)=O)C2)c1. The standard InChI is InChI=1S/C14H21NO4S/c1-18-13-6-3-7-14(9-13)19-11-12-5-4-8-15(10-12)20(2,16)17/h3,6-7,9,12H,4-5,8,10-11H2,1-2H3/t12-/m1/s1. The van der Waals surface area contributed by atoms with Gasteiger partial charge in [0.2, 0.25) is 10.0 Å². The predicted octanol–water partition coefficient (Wildman–Crippen LogP) is 1.75. The van der Waals surface area contributed by atoms with E-state index in [0.29, 0.717) is 19.7 Å². The molecule has 0 N–H and O–H groups in total. The van der Waals surface area contributed by atoms with Crippen LogP contribution in [-0.2, 0) is 10.0 Å². The van der Waals surface area contributed by atoms with E-state index in [1.807, 2.05) is 24.3 Å². The number of ether oxygens (including phenoxy) is 2. The summed E-state index contributed by atoms with van der Waals surface area (Å²) < 4.78 is 35.5. The normalized spacial score (nSPS) is 20.6. The van der Waals surface area contributed by atoms with Crippen molar-refractivity contribution in [2.45, 2.75) is 12.8 Å². The third kappa shape index (κ3) is 4.11. The van der Waals surface area contributed by atoms with Crippen LogP contribution in [0.5, 0.6) is 11.5 Å². The van der Waals surface area contributed by atoms with Gasteiger partial charge < -0.3 is 9.47 Å². The minimum Gasteiger partial charge on any atom is -0.497 e. The first-order chi connectivity index (χ1) is 9.49. The van der Waals surface area contributed by atoms with Crippen LogP contribution in [-0.4, -0.2) is 45.8 Å². The molecule has 0 bridgehead atoms. The maximum atomic E-state index is 11.6. The molecule has 0 radical (unpaired) electrons. The number of nitrogens with zero attached hydrogens (tertiary/aromatic N) is 1. The number of hydrogen-bond acceptors (Lipinski definition) is 4. The molecule has 1 heterocycles. The van der Waals surface area contributed by atoms with Crippen LogP contribution < -0.4 is 9.47 Å². The number of rotatable bonds is 5. The van der Waals surface area contributed by atoms with Crippen molar-refractivity contribution in [3.05, 3.63) is 24.3 Å². The zero-order valence-electron chi connectivity index (χ0n) is 11.9. The van der Waals surface area contributed by atoms with Gasteiger partial charge in [0.15, 0.2) is 0 Å². The smallest absolute Gasteiger partial charge is 0.211 e. The summed E-state index contributed by atoms with van der Waals surface area (Å²) in [7, 11) is -1.48. The lowest BCUT2D eigenvalue weighted by atomic mass is 10.0. The lowest BCUT2D eigenvalue weighted by molar-refractivity contribution is 0.180. The van der Waals surface area contributed by atoms with Gasteiger partial charge in [-0.05, 0) is 25.0 Å². The maximum absolute atomic E-state index is 11.6. The van der Waals surface area contributed by atoms with Crippen molar-refractivity contribution in [1.29, 1.82) is 0 Å². The molecule has 1 saturated heterocycles. The number of sulfonamides is 1. The van der Waals surface area contributed by atoms with Gasteiger partial charge in [-0.3, -0.25) is 0 Å². The summed E-state index contributed by atoms with van der Waals surface area (Å²) in [4.78, 5) is 0.